The van der Waals surface area contributed by atoms with Gasteiger partial charge >= 0.3 is 0 Å². The molecule has 1 aliphatic carbocycles. The molecule has 82 valence electrons. The second kappa shape index (κ2) is 4.83. The van der Waals surface area contributed by atoms with Crippen LogP contribution in [0.2, 0.25) is 0 Å². The van der Waals surface area contributed by atoms with Crippen molar-refractivity contribution in [2.24, 2.45) is 11.8 Å². The first-order valence-electron chi connectivity index (χ1n) is 6.34. The summed E-state index contributed by atoms with van der Waals surface area (Å²) in [6, 6.07) is 11.0. The van der Waals surface area contributed by atoms with Gasteiger partial charge in [-0.3, -0.25) is 0 Å². The van der Waals surface area contributed by atoms with Crippen LogP contribution in [0, 0.1) is 11.8 Å². The summed E-state index contributed by atoms with van der Waals surface area (Å²) in [5, 5.41) is 0. The summed E-state index contributed by atoms with van der Waals surface area (Å²) in [6.45, 7) is 4.84. The topological polar surface area (TPSA) is 0 Å². The zero-order valence-corrected chi connectivity index (χ0v) is 9.95. The Labute approximate surface area is 93.7 Å². The largest absolute Gasteiger partial charge is 0.0622 e. The molecule has 0 aromatic heterocycles. The van der Waals surface area contributed by atoms with Crippen LogP contribution in [-0.2, 0) is 0 Å². The molecular formula is C15H22. The van der Waals surface area contributed by atoms with E-state index in [-0.39, 0.29) is 0 Å². The molecule has 0 heterocycles. The molecule has 0 saturated heterocycles. The van der Waals surface area contributed by atoms with E-state index in [4.69, 9.17) is 0 Å². The Morgan fingerprint density at radius 2 is 1.73 bits per heavy atom. The van der Waals surface area contributed by atoms with Gasteiger partial charge in [0.1, 0.15) is 0 Å². The molecule has 15 heavy (non-hydrogen) atoms. The van der Waals surface area contributed by atoms with Crippen molar-refractivity contribution in [1.82, 2.24) is 0 Å². The summed E-state index contributed by atoms with van der Waals surface area (Å²) >= 11 is 0. The highest BCUT2D eigenvalue weighted by Gasteiger charge is 2.26. The van der Waals surface area contributed by atoms with E-state index in [0.717, 1.165) is 17.8 Å². The lowest BCUT2D eigenvalue weighted by Gasteiger charge is -2.33. The monoisotopic (exact) mass is 202 g/mol. The molecule has 0 heteroatoms. The van der Waals surface area contributed by atoms with Crippen LogP contribution in [0.5, 0.6) is 0 Å². The Morgan fingerprint density at radius 1 is 1.07 bits per heavy atom. The van der Waals surface area contributed by atoms with Crippen molar-refractivity contribution in [3.63, 3.8) is 0 Å². The van der Waals surface area contributed by atoms with Crippen molar-refractivity contribution in [3.8, 4) is 0 Å². The molecule has 0 nitrogen and oxygen atoms in total. The number of benzene rings is 1. The second-order valence-electron chi connectivity index (χ2n) is 5.12. The van der Waals surface area contributed by atoms with E-state index in [1.54, 1.807) is 0 Å². The first kappa shape index (κ1) is 10.7. The Balaban J connectivity index is 2.09. The molecule has 0 N–H and O–H groups in total. The molecule has 0 bridgehead atoms. The number of rotatable bonds is 2. The molecule has 0 radical (unpaired) electrons. The molecule has 1 saturated carbocycles. The van der Waals surface area contributed by atoms with Crippen LogP contribution < -0.4 is 0 Å². The summed E-state index contributed by atoms with van der Waals surface area (Å²) in [4.78, 5) is 0. The van der Waals surface area contributed by atoms with Crippen LogP contribution in [0.1, 0.15) is 51.0 Å². The fraction of sp³-hybridized carbons (Fsp3) is 0.600. The van der Waals surface area contributed by atoms with Crippen LogP contribution in [0.4, 0.5) is 0 Å². The highest BCUT2D eigenvalue weighted by molar-refractivity contribution is 5.19. The molecular weight excluding hydrogens is 180 g/mol. The van der Waals surface area contributed by atoms with Gasteiger partial charge in [-0.15, -0.1) is 0 Å². The maximum Gasteiger partial charge on any atom is -0.0159 e. The maximum atomic E-state index is 2.43. The van der Waals surface area contributed by atoms with Gasteiger partial charge in [-0.2, -0.15) is 0 Å². The fourth-order valence-electron chi connectivity index (χ4n) is 3.09. The number of hydrogen-bond donors (Lipinski definition) is 0. The van der Waals surface area contributed by atoms with Crippen molar-refractivity contribution in [1.29, 1.82) is 0 Å². The molecule has 1 aliphatic rings. The molecule has 3 atom stereocenters. The highest BCUT2D eigenvalue weighted by atomic mass is 14.3. The lowest BCUT2D eigenvalue weighted by atomic mass is 9.72. The molecule has 2 rings (SSSR count). The average molecular weight is 202 g/mol. The van der Waals surface area contributed by atoms with Gasteiger partial charge in [0.25, 0.3) is 0 Å². The van der Waals surface area contributed by atoms with Crippen LogP contribution in [-0.4, -0.2) is 0 Å². The fourth-order valence-corrected chi connectivity index (χ4v) is 3.09. The minimum absolute atomic E-state index is 0.737. The first-order chi connectivity index (χ1) is 7.29. The lowest BCUT2D eigenvalue weighted by molar-refractivity contribution is 0.224. The van der Waals surface area contributed by atoms with E-state index in [1.807, 2.05) is 0 Å². The van der Waals surface area contributed by atoms with E-state index < -0.39 is 0 Å². The summed E-state index contributed by atoms with van der Waals surface area (Å²) in [5.74, 6) is 2.55. The highest BCUT2D eigenvalue weighted by Crippen LogP contribution is 2.39. The van der Waals surface area contributed by atoms with Gasteiger partial charge in [0, 0.05) is 0 Å². The first-order valence-corrected chi connectivity index (χ1v) is 6.34. The summed E-state index contributed by atoms with van der Waals surface area (Å²) in [5.41, 5.74) is 1.52. The van der Waals surface area contributed by atoms with Gasteiger partial charge in [-0.25, -0.2) is 0 Å². The van der Waals surface area contributed by atoms with Crippen molar-refractivity contribution >= 4 is 0 Å². The third-order valence-corrected chi connectivity index (χ3v) is 4.15. The van der Waals surface area contributed by atoms with Gasteiger partial charge in [-0.1, -0.05) is 63.4 Å². The summed E-state index contributed by atoms with van der Waals surface area (Å²) < 4.78 is 0. The van der Waals surface area contributed by atoms with E-state index >= 15 is 0 Å². The normalized spacial score (nSPS) is 28.7. The second-order valence-corrected chi connectivity index (χ2v) is 5.12. The van der Waals surface area contributed by atoms with Crippen LogP contribution in [0.25, 0.3) is 0 Å². The zero-order valence-electron chi connectivity index (χ0n) is 9.95. The Morgan fingerprint density at radius 3 is 2.40 bits per heavy atom. The van der Waals surface area contributed by atoms with Crippen LogP contribution >= 0.6 is 0 Å². The molecule has 1 aromatic rings. The Hall–Kier alpha value is -0.780. The zero-order chi connectivity index (χ0) is 10.7. The molecule has 3 unspecified atom stereocenters. The molecule has 0 aliphatic heterocycles. The average Bonchev–Trinajstić information content (AvgIpc) is 2.30. The minimum Gasteiger partial charge on any atom is -0.0622 e. The van der Waals surface area contributed by atoms with E-state index in [9.17, 15) is 0 Å². The predicted octanol–water partition coefficient (Wildman–Crippen LogP) is 4.62. The number of hydrogen-bond acceptors (Lipinski definition) is 0. The summed E-state index contributed by atoms with van der Waals surface area (Å²) in [6.07, 6.45) is 5.74. The SMILES string of the molecule is CC1CCCCC1C(C)c1ccccc1. The van der Waals surface area contributed by atoms with E-state index in [0.29, 0.717) is 0 Å². The van der Waals surface area contributed by atoms with Gasteiger partial charge < -0.3 is 0 Å². The molecule has 0 amide bonds. The molecule has 1 aromatic carbocycles. The van der Waals surface area contributed by atoms with E-state index in [2.05, 4.69) is 44.2 Å². The van der Waals surface area contributed by atoms with Crippen molar-refractivity contribution in [3.05, 3.63) is 35.9 Å². The Kier molecular flexibility index (Phi) is 3.45. The van der Waals surface area contributed by atoms with Crippen LogP contribution in [0.15, 0.2) is 30.3 Å². The van der Waals surface area contributed by atoms with Crippen LogP contribution in [0.3, 0.4) is 0 Å². The third-order valence-electron chi connectivity index (χ3n) is 4.15. The van der Waals surface area contributed by atoms with Gasteiger partial charge in [0.15, 0.2) is 0 Å². The van der Waals surface area contributed by atoms with Gasteiger partial charge in [-0.05, 0) is 29.7 Å². The van der Waals surface area contributed by atoms with Gasteiger partial charge in [0.2, 0.25) is 0 Å². The smallest absolute Gasteiger partial charge is 0.0159 e. The molecule has 1 fully saturated rings. The van der Waals surface area contributed by atoms with Gasteiger partial charge in [0.05, 0.1) is 0 Å². The Bertz CT molecular complexity index is 288. The standard InChI is InChI=1S/C15H22/c1-12-8-6-7-11-15(12)13(2)14-9-4-3-5-10-14/h3-5,9-10,12-13,15H,6-8,11H2,1-2H3. The maximum absolute atomic E-state index is 2.43. The van der Waals surface area contributed by atoms with Crippen molar-refractivity contribution < 1.29 is 0 Å². The summed E-state index contributed by atoms with van der Waals surface area (Å²) in [7, 11) is 0. The quantitative estimate of drug-likeness (QED) is 0.656. The predicted molar refractivity (Wildman–Crippen MR) is 66.0 cm³/mol. The van der Waals surface area contributed by atoms with Crippen molar-refractivity contribution in [2.75, 3.05) is 0 Å². The third kappa shape index (κ3) is 2.42. The lowest BCUT2D eigenvalue weighted by Crippen LogP contribution is -2.22. The van der Waals surface area contributed by atoms with Crippen molar-refractivity contribution in [2.45, 2.75) is 45.4 Å². The van der Waals surface area contributed by atoms with E-state index in [1.165, 1.54) is 31.2 Å². The molecule has 0 spiro atoms. The minimum atomic E-state index is 0.737.